The molecule has 0 saturated heterocycles. The first-order valence-corrected chi connectivity index (χ1v) is 6.92. The molecule has 0 atom stereocenters. The van der Waals surface area contributed by atoms with Gasteiger partial charge in [0.1, 0.15) is 6.33 Å². The van der Waals surface area contributed by atoms with Crippen molar-refractivity contribution >= 4 is 32.8 Å². The standard InChI is InChI=1S/C7H12IN3O2S/c1-10(2)14(12,13)11-5-7(3-4-8)9-6-11/h5-6H,3-4H2,1-2H3. The van der Waals surface area contributed by atoms with Gasteiger partial charge in [-0.05, 0) is 0 Å². The second-order valence-electron chi connectivity index (χ2n) is 2.92. The molecule has 0 saturated carbocycles. The van der Waals surface area contributed by atoms with Crippen molar-refractivity contribution in [3.05, 3.63) is 18.2 Å². The smallest absolute Gasteiger partial charge is 0.241 e. The van der Waals surface area contributed by atoms with Crippen LogP contribution in [0.5, 0.6) is 0 Å². The third-order valence-electron chi connectivity index (χ3n) is 1.69. The van der Waals surface area contributed by atoms with Crippen molar-refractivity contribution in [1.29, 1.82) is 0 Å². The first-order valence-electron chi connectivity index (χ1n) is 4.00. The van der Waals surface area contributed by atoms with E-state index in [1.807, 2.05) is 0 Å². The first kappa shape index (κ1) is 11.9. The molecule has 0 N–H and O–H groups in total. The van der Waals surface area contributed by atoms with Gasteiger partial charge in [-0.25, -0.2) is 8.96 Å². The van der Waals surface area contributed by atoms with Crippen molar-refractivity contribution in [3.63, 3.8) is 0 Å². The molecule has 0 radical (unpaired) electrons. The molecule has 0 aromatic carbocycles. The van der Waals surface area contributed by atoms with E-state index in [2.05, 4.69) is 27.6 Å². The molecule has 0 aliphatic carbocycles. The lowest BCUT2D eigenvalue weighted by Crippen LogP contribution is -2.27. The summed E-state index contributed by atoms with van der Waals surface area (Å²) in [5, 5.41) is 0. The van der Waals surface area contributed by atoms with E-state index >= 15 is 0 Å². The van der Waals surface area contributed by atoms with Crippen molar-refractivity contribution < 1.29 is 8.42 Å². The number of alkyl halides is 1. The molecule has 1 heterocycles. The summed E-state index contributed by atoms with van der Waals surface area (Å²) in [6.07, 6.45) is 3.67. The highest BCUT2D eigenvalue weighted by Gasteiger charge is 2.16. The SMILES string of the molecule is CN(C)S(=O)(=O)n1cnc(CCI)c1. The molecular formula is C7H12IN3O2S. The Bertz CT molecular complexity index is 399. The summed E-state index contributed by atoms with van der Waals surface area (Å²) in [4.78, 5) is 4.01. The van der Waals surface area contributed by atoms with Crippen molar-refractivity contribution in [2.45, 2.75) is 6.42 Å². The molecule has 1 aromatic heterocycles. The van der Waals surface area contributed by atoms with Crippen molar-refractivity contribution in [1.82, 2.24) is 13.3 Å². The van der Waals surface area contributed by atoms with Crippen LogP contribution < -0.4 is 0 Å². The van der Waals surface area contributed by atoms with Crippen LogP contribution in [0.25, 0.3) is 0 Å². The Kier molecular flexibility index (Phi) is 3.90. The third-order valence-corrected chi connectivity index (χ3v) is 3.89. The molecule has 0 bridgehead atoms. The Morgan fingerprint density at radius 1 is 1.57 bits per heavy atom. The Hall–Kier alpha value is -0.150. The zero-order chi connectivity index (χ0) is 10.8. The minimum Gasteiger partial charge on any atom is -0.241 e. The summed E-state index contributed by atoms with van der Waals surface area (Å²) >= 11 is 2.23. The van der Waals surface area contributed by atoms with Gasteiger partial charge in [-0.15, -0.1) is 0 Å². The molecule has 0 aliphatic rings. The van der Waals surface area contributed by atoms with Crippen molar-refractivity contribution in [2.75, 3.05) is 18.5 Å². The minimum atomic E-state index is -3.39. The maximum Gasteiger partial charge on any atom is 0.308 e. The van der Waals surface area contributed by atoms with Gasteiger partial charge in [0.2, 0.25) is 0 Å². The Morgan fingerprint density at radius 2 is 2.21 bits per heavy atom. The van der Waals surface area contributed by atoms with Crippen LogP contribution >= 0.6 is 22.6 Å². The molecule has 5 nitrogen and oxygen atoms in total. The average molecular weight is 329 g/mol. The van der Waals surface area contributed by atoms with E-state index in [0.717, 1.165) is 24.8 Å². The number of rotatable bonds is 4. The maximum absolute atomic E-state index is 11.6. The summed E-state index contributed by atoms with van der Waals surface area (Å²) in [5.41, 5.74) is 0.796. The fourth-order valence-corrected chi connectivity index (χ4v) is 2.24. The number of aromatic nitrogens is 2. The van der Waals surface area contributed by atoms with Crippen LogP contribution in [0.3, 0.4) is 0 Å². The molecule has 0 amide bonds. The highest BCUT2D eigenvalue weighted by atomic mass is 127. The molecular weight excluding hydrogens is 317 g/mol. The second-order valence-corrected chi connectivity index (χ2v) is 6.05. The molecule has 7 heteroatoms. The van der Waals surface area contributed by atoms with Gasteiger partial charge in [0, 0.05) is 31.1 Å². The lowest BCUT2D eigenvalue weighted by Gasteiger charge is -2.10. The van der Waals surface area contributed by atoms with Gasteiger partial charge in [-0.3, -0.25) is 0 Å². The third kappa shape index (κ3) is 2.45. The minimum absolute atomic E-state index is 0.788. The topological polar surface area (TPSA) is 55.2 Å². The number of halogens is 1. The first-order chi connectivity index (χ1) is 6.48. The summed E-state index contributed by atoms with van der Waals surface area (Å²) in [6, 6.07) is 0. The Balaban J connectivity index is 2.98. The number of nitrogens with zero attached hydrogens (tertiary/aromatic N) is 3. The van der Waals surface area contributed by atoms with Crippen LogP contribution in [-0.2, 0) is 16.6 Å². The zero-order valence-corrected chi connectivity index (χ0v) is 11.0. The van der Waals surface area contributed by atoms with E-state index in [9.17, 15) is 8.42 Å². The monoisotopic (exact) mass is 329 g/mol. The van der Waals surface area contributed by atoms with Gasteiger partial charge < -0.3 is 0 Å². The quantitative estimate of drug-likeness (QED) is 0.598. The molecule has 14 heavy (non-hydrogen) atoms. The Labute approximate surface area is 97.4 Å². The van der Waals surface area contributed by atoms with Gasteiger partial charge >= 0.3 is 10.2 Å². The summed E-state index contributed by atoms with van der Waals surface area (Å²) in [5.74, 6) is 0. The van der Waals surface area contributed by atoms with Gasteiger partial charge in [-0.2, -0.15) is 12.7 Å². The van der Waals surface area contributed by atoms with Gasteiger partial charge in [0.25, 0.3) is 0 Å². The second kappa shape index (κ2) is 4.58. The van der Waals surface area contributed by atoms with Crippen LogP contribution in [0.1, 0.15) is 5.69 Å². The van der Waals surface area contributed by atoms with Gasteiger partial charge in [0.05, 0.1) is 5.69 Å². The van der Waals surface area contributed by atoms with Crippen LogP contribution in [0, 0.1) is 0 Å². The maximum atomic E-state index is 11.6. The fourth-order valence-electron chi connectivity index (χ4n) is 0.885. The number of hydrogen-bond acceptors (Lipinski definition) is 3. The molecule has 80 valence electrons. The Morgan fingerprint density at radius 3 is 2.71 bits per heavy atom. The number of hydrogen-bond donors (Lipinski definition) is 0. The van der Waals surface area contributed by atoms with E-state index in [1.165, 1.54) is 20.4 Å². The number of imidazole rings is 1. The highest BCUT2D eigenvalue weighted by Crippen LogP contribution is 2.05. The molecule has 0 fully saturated rings. The van der Waals surface area contributed by atoms with E-state index in [4.69, 9.17) is 0 Å². The molecule has 0 aliphatic heterocycles. The molecule has 1 aromatic rings. The number of aryl methyl sites for hydroxylation is 1. The highest BCUT2D eigenvalue weighted by molar-refractivity contribution is 14.1. The van der Waals surface area contributed by atoms with E-state index in [-0.39, 0.29) is 0 Å². The van der Waals surface area contributed by atoms with E-state index < -0.39 is 10.2 Å². The van der Waals surface area contributed by atoms with Gasteiger partial charge in [0.15, 0.2) is 0 Å². The van der Waals surface area contributed by atoms with Gasteiger partial charge in [-0.1, -0.05) is 22.6 Å². The van der Waals surface area contributed by atoms with Crippen molar-refractivity contribution in [3.8, 4) is 0 Å². The van der Waals surface area contributed by atoms with Crippen molar-refractivity contribution in [2.24, 2.45) is 0 Å². The lowest BCUT2D eigenvalue weighted by molar-refractivity contribution is 0.510. The fraction of sp³-hybridized carbons (Fsp3) is 0.571. The van der Waals surface area contributed by atoms with E-state index in [1.54, 1.807) is 6.20 Å². The summed E-state index contributed by atoms with van der Waals surface area (Å²) in [7, 11) is -0.403. The predicted octanol–water partition coefficient (Wildman–Crippen LogP) is 0.515. The summed E-state index contributed by atoms with van der Waals surface area (Å²) < 4.78 is 26.4. The predicted molar refractivity (Wildman–Crippen MR) is 62.8 cm³/mol. The average Bonchev–Trinajstić information content (AvgIpc) is 2.53. The van der Waals surface area contributed by atoms with Crippen LogP contribution in [0.4, 0.5) is 0 Å². The molecule has 1 rings (SSSR count). The van der Waals surface area contributed by atoms with Crippen LogP contribution in [0.2, 0.25) is 0 Å². The zero-order valence-electron chi connectivity index (χ0n) is 8.01. The molecule has 0 unspecified atom stereocenters. The van der Waals surface area contributed by atoms with Crippen LogP contribution in [-0.4, -0.2) is 40.2 Å². The molecule has 0 spiro atoms. The lowest BCUT2D eigenvalue weighted by atomic mass is 10.4. The normalized spacial score (nSPS) is 12.3. The summed E-state index contributed by atoms with van der Waals surface area (Å²) in [6.45, 7) is 0. The van der Waals surface area contributed by atoms with Crippen LogP contribution in [0.15, 0.2) is 12.5 Å². The van der Waals surface area contributed by atoms with E-state index in [0.29, 0.717) is 0 Å². The largest absolute Gasteiger partial charge is 0.308 e.